The molecule has 0 aliphatic rings. The molecule has 0 aliphatic heterocycles. The van der Waals surface area contributed by atoms with Crippen molar-refractivity contribution in [2.75, 3.05) is 13.7 Å². The highest BCUT2D eigenvalue weighted by Gasteiger charge is 2.25. The zero-order valence-electron chi connectivity index (χ0n) is 11.7. The number of benzene rings is 1. The normalized spacial score (nSPS) is 14.3. The summed E-state index contributed by atoms with van der Waals surface area (Å²) in [7, 11) is 3.67. The Balaban J connectivity index is 2.31. The Hall–Kier alpha value is -1.65. The molecular weight excluding hydrogens is 238 g/mol. The molecule has 1 aromatic carbocycles. The molecule has 4 nitrogen and oxygen atoms in total. The van der Waals surface area contributed by atoms with Crippen LogP contribution < -0.4 is 5.32 Å². The lowest BCUT2D eigenvalue weighted by molar-refractivity contribution is 0.0666. The fraction of sp³-hybridized carbons (Fsp3) is 0.400. The van der Waals surface area contributed by atoms with Crippen LogP contribution in [0.1, 0.15) is 30.3 Å². The lowest BCUT2D eigenvalue weighted by Gasteiger charge is -2.25. The van der Waals surface area contributed by atoms with Gasteiger partial charge in [-0.1, -0.05) is 37.3 Å². The van der Waals surface area contributed by atoms with E-state index in [0.717, 1.165) is 17.8 Å². The molecule has 0 aliphatic carbocycles. The van der Waals surface area contributed by atoms with E-state index in [1.165, 1.54) is 0 Å². The molecule has 1 heterocycles. The van der Waals surface area contributed by atoms with E-state index in [9.17, 15) is 0 Å². The van der Waals surface area contributed by atoms with Crippen molar-refractivity contribution in [2.24, 2.45) is 7.05 Å². The Kier molecular flexibility index (Phi) is 4.71. The van der Waals surface area contributed by atoms with Gasteiger partial charge in [-0.2, -0.15) is 5.10 Å². The molecule has 1 N–H and O–H groups in total. The number of hydrogen-bond acceptors (Lipinski definition) is 3. The summed E-state index contributed by atoms with van der Waals surface area (Å²) >= 11 is 0. The number of hydrogen-bond donors (Lipinski definition) is 1. The van der Waals surface area contributed by atoms with E-state index in [2.05, 4.69) is 29.5 Å². The molecule has 2 atom stereocenters. The molecule has 0 saturated heterocycles. The quantitative estimate of drug-likeness (QED) is 0.866. The second-order valence-electron chi connectivity index (χ2n) is 4.52. The van der Waals surface area contributed by atoms with E-state index in [1.54, 1.807) is 7.11 Å². The van der Waals surface area contributed by atoms with E-state index in [0.29, 0.717) is 0 Å². The first-order valence-corrected chi connectivity index (χ1v) is 6.57. The van der Waals surface area contributed by atoms with Gasteiger partial charge in [0, 0.05) is 20.4 Å². The van der Waals surface area contributed by atoms with Gasteiger partial charge in [-0.25, -0.2) is 0 Å². The lowest BCUT2D eigenvalue weighted by atomic mass is 9.99. The van der Waals surface area contributed by atoms with Crippen molar-refractivity contribution in [2.45, 2.75) is 19.1 Å². The number of likely N-dealkylation sites (N-methyl/N-ethyl adjacent to an activating group) is 1. The van der Waals surface area contributed by atoms with Crippen molar-refractivity contribution in [1.29, 1.82) is 0 Å². The van der Waals surface area contributed by atoms with Crippen LogP contribution in [0.4, 0.5) is 0 Å². The summed E-state index contributed by atoms with van der Waals surface area (Å²) < 4.78 is 7.52. The van der Waals surface area contributed by atoms with Gasteiger partial charge in [0.15, 0.2) is 0 Å². The van der Waals surface area contributed by atoms with Gasteiger partial charge >= 0.3 is 0 Å². The fourth-order valence-electron chi connectivity index (χ4n) is 2.29. The number of methoxy groups -OCH3 is 1. The maximum absolute atomic E-state index is 5.70. The van der Waals surface area contributed by atoms with Gasteiger partial charge in [-0.15, -0.1) is 0 Å². The Bertz CT molecular complexity index is 495. The van der Waals surface area contributed by atoms with E-state index in [1.807, 2.05) is 42.2 Å². The minimum Gasteiger partial charge on any atom is -0.375 e. The van der Waals surface area contributed by atoms with Crippen LogP contribution >= 0.6 is 0 Å². The number of rotatable bonds is 6. The van der Waals surface area contributed by atoms with Gasteiger partial charge in [0.2, 0.25) is 0 Å². The summed E-state index contributed by atoms with van der Waals surface area (Å²) in [4.78, 5) is 0. The van der Waals surface area contributed by atoms with Gasteiger partial charge in [0.1, 0.15) is 6.10 Å². The summed E-state index contributed by atoms with van der Waals surface area (Å²) in [5, 5.41) is 7.96. The largest absolute Gasteiger partial charge is 0.375 e. The van der Waals surface area contributed by atoms with Gasteiger partial charge in [-0.05, 0) is 18.2 Å². The van der Waals surface area contributed by atoms with Crippen LogP contribution in [-0.4, -0.2) is 23.4 Å². The molecule has 1 aromatic heterocycles. The van der Waals surface area contributed by atoms with Crippen LogP contribution in [0, 0.1) is 0 Å². The van der Waals surface area contributed by atoms with Gasteiger partial charge in [0.05, 0.1) is 11.7 Å². The highest BCUT2D eigenvalue weighted by Crippen LogP contribution is 2.30. The Labute approximate surface area is 114 Å². The van der Waals surface area contributed by atoms with Crippen molar-refractivity contribution in [1.82, 2.24) is 15.1 Å². The summed E-state index contributed by atoms with van der Waals surface area (Å²) in [5.74, 6) is 0. The van der Waals surface area contributed by atoms with Gasteiger partial charge in [0.25, 0.3) is 0 Å². The van der Waals surface area contributed by atoms with E-state index >= 15 is 0 Å². The van der Waals surface area contributed by atoms with Crippen LogP contribution in [0.15, 0.2) is 42.6 Å². The number of ether oxygens (including phenoxy) is 1. The van der Waals surface area contributed by atoms with Crippen molar-refractivity contribution >= 4 is 0 Å². The zero-order valence-corrected chi connectivity index (χ0v) is 11.7. The molecule has 0 amide bonds. The van der Waals surface area contributed by atoms with E-state index in [4.69, 9.17) is 4.74 Å². The first kappa shape index (κ1) is 13.8. The Morgan fingerprint density at radius 3 is 2.53 bits per heavy atom. The molecule has 0 radical (unpaired) electrons. The molecule has 2 unspecified atom stereocenters. The summed E-state index contributed by atoms with van der Waals surface area (Å²) in [6.45, 7) is 2.96. The molecule has 4 heteroatoms. The molecule has 2 rings (SSSR count). The highest BCUT2D eigenvalue weighted by atomic mass is 16.5. The summed E-state index contributed by atoms with van der Waals surface area (Å²) in [6.07, 6.45) is 1.91. The first-order valence-electron chi connectivity index (χ1n) is 6.57. The second-order valence-corrected chi connectivity index (χ2v) is 4.52. The predicted octanol–water partition coefficient (Wildman–Crippen LogP) is 2.46. The standard InChI is InChI=1S/C15H21N3O/c1-4-16-14(13-10-11-18(2)17-13)15(19-3)12-8-6-5-7-9-12/h5-11,14-16H,4H2,1-3H3. The van der Waals surface area contributed by atoms with Gasteiger partial charge < -0.3 is 10.1 Å². The third-order valence-electron chi connectivity index (χ3n) is 3.16. The molecule has 102 valence electrons. The average molecular weight is 259 g/mol. The number of aryl methyl sites for hydroxylation is 1. The monoisotopic (exact) mass is 259 g/mol. The minimum absolute atomic E-state index is 0.0453. The SMILES string of the molecule is CCNC(c1ccn(C)n1)C(OC)c1ccccc1. The maximum atomic E-state index is 5.70. The Morgan fingerprint density at radius 2 is 2.00 bits per heavy atom. The summed E-state index contributed by atoms with van der Waals surface area (Å²) in [5.41, 5.74) is 2.15. The van der Waals surface area contributed by atoms with Crippen molar-refractivity contribution in [3.05, 3.63) is 53.9 Å². The molecule has 0 fully saturated rings. The molecule has 2 aromatic rings. The van der Waals surface area contributed by atoms with Crippen LogP contribution in [0.3, 0.4) is 0 Å². The second kappa shape index (κ2) is 6.50. The van der Waals surface area contributed by atoms with Crippen LogP contribution in [0.25, 0.3) is 0 Å². The number of aromatic nitrogens is 2. The van der Waals surface area contributed by atoms with E-state index < -0.39 is 0 Å². The van der Waals surface area contributed by atoms with Crippen LogP contribution in [0.5, 0.6) is 0 Å². The molecular formula is C15H21N3O. The highest BCUT2D eigenvalue weighted by molar-refractivity contribution is 5.22. The third-order valence-corrected chi connectivity index (χ3v) is 3.16. The van der Waals surface area contributed by atoms with Crippen molar-refractivity contribution < 1.29 is 4.74 Å². The smallest absolute Gasteiger partial charge is 0.103 e. The molecule has 0 bridgehead atoms. The summed E-state index contributed by atoms with van der Waals surface area (Å²) in [6, 6.07) is 12.3. The maximum Gasteiger partial charge on any atom is 0.103 e. The van der Waals surface area contributed by atoms with Crippen molar-refractivity contribution in [3.8, 4) is 0 Å². The topological polar surface area (TPSA) is 39.1 Å². The predicted molar refractivity (Wildman–Crippen MR) is 75.8 cm³/mol. The number of nitrogens with zero attached hydrogens (tertiary/aromatic N) is 2. The Morgan fingerprint density at radius 1 is 1.26 bits per heavy atom. The van der Waals surface area contributed by atoms with Crippen LogP contribution in [0.2, 0.25) is 0 Å². The third kappa shape index (κ3) is 3.22. The zero-order chi connectivity index (χ0) is 13.7. The fourth-order valence-corrected chi connectivity index (χ4v) is 2.29. The first-order chi connectivity index (χ1) is 9.26. The lowest BCUT2D eigenvalue weighted by Crippen LogP contribution is -2.28. The number of nitrogens with one attached hydrogen (secondary N) is 1. The van der Waals surface area contributed by atoms with E-state index in [-0.39, 0.29) is 12.1 Å². The average Bonchev–Trinajstić information content (AvgIpc) is 2.86. The van der Waals surface area contributed by atoms with Gasteiger partial charge in [-0.3, -0.25) is 4.68 Å². The molecule has 19 heavy (non-hydrogen) atoms. The molecule has 0 spiro atoms. The van der Waals surface area contributed by atoms with Crippen LogP contribution in [-0.2, 0) is 11.8 Å². The minimum atomic E-state index is -0.0453. The molecule has 0 saturated carbocycles. The van der Waals surface area contributed by atoms with Crippen molar-refractivity contribution in [3.63, 3.8) is 0 Å².